The molecule has 2 aromatic rings. The Kier molecular flexibility index (Phi) is 3.18. The lowest BCUT2D eigenvalue weighted by atomic mass is 10.2. The Hall–Kier alpha value is -2.50. The van der Waals surface area contributed by atoms with E-state index in [9.17, 15) is 13.6 Å². The van der Waals surface area contributed by atoms with Crippen LogP contribution in [0.1, 0.15) is 10.4 Å². The van der Waals surface area contributed by atoms with Crippen LogP contribution in [0, 0.1) is 11.8 Å². The van der Waals surface area contributed by atoms with Crippen molar-refractivity contribution >= 4 is 17.3 Å². The van der Waals surface area contributed by atoms with Gasteiger partial charge in [0.1, 0.15) is 5.82 Å². The summed E-state index contributed by atoms with van der Waals surface area (Å²) in [6.07, 6.45) is 1.17. The van der Waals surface area contributed by atoms with Crippen LogP contribution in [0.4, 0.5) is 20.2 Å². The van der Waals surface area contributed by atoms with E-state index in [0.29, 0.717) is 5.69 Å². The number of nitrogens with one attached hydrogen (secondary N) is 1. The van der Waals surface area contributed by atoms with E-state index < -0.39 is 17.7 Å². The van der Waals surface area contributed by atoms with Crippen molar-refractivity contribution in [2.45, 2.75) is 0 Å². The number of amides is 1. The van der Waals surface area contributed by atoms with Gasteiger partial charge in [-0.3, -0.25) is 4.79 Å². The van der Waals surface area contributed by atoms with E-state index in [0.717, 1.165) is 12.1 Å². The van der Waals surface area contributed by atoms with Gasteiger partial charge in [-0.2, -0.15) is 4.39 Å². The van der Waals surface area contributed by atoms with Gasteiger partial charge in [-0.15, -0.1) is 0 Å². The van der Waals surface area contributed by atoms with E-state index in [-0.39, 0.29) is 11.3 Å². The third kappa shape index (κ3) is 2.60. The molecule has 1 amide bonds. The maximum absolute atomic E-state index is 13.2. The predicted molar refractivity (Wildman–Crippen MR) is 63.0 cm³/mol. The lowest BCUT2D eigenvalue weighted by Crippen LogP contribution is -2.12. The number of benzene rings is 1. The number of nitrogen functional groups attached to an aromatic ring is 1. The number of nitrogens with two attached hydrogens (primary N) is 1. The van der Waals surface area contributed by atoms with Crippen molar-refractivity contribution in [2.24, 2.45) is 0 Å². The van der Waals surface area contributed by atoms with Gasteiger partial charge in [0.15, 0.2) is 0 Å². The zero-order chi connectivity index (χ0) is 13.1. The topological polar surface area (TPSA) is 68.0 Å². The summed E-state index contributed by atoms with van der Waals surface area (Å²) >= 11 is 0. The number of anilines is 2. The van der Waals surface area contributed by atoms with Gasteiger partial charge in [-0.25, -0.2) is 9.37 Å². The van der Waals surface area contributed by atoms with Gasteiger partial charge in [-0.05, 0) is 30.3 Å². The van der Waals surface area contributed by atoms with Crippen LogP contribution in [0.2, 0.25) is 0 Å². The molecule has 0 unspecified atom stereocenters. The van der Waals surface area contributed by atoms with Gasteiger partial charge in [0, 0.05) is 5.56 Å². The fraction of sp³-hybridized carbons (Fsp3) is 0. The summed E-state index contributed by atoms with van der Waals surface area (Å²) in [4.78, 5) is 15.1. The molecule has 1 aromatic heterocycles. The van der Waals surface area contributed by atoms with Gasteiger partial charge in [0.2, 0.25) is 5.95 Å². The minimum Gasteiger partial charge on any atom is -0.396 e. The summed E-state index contributed by atoms with van der Waals surface area (Å²) < 4.78 is 25.7. The minimum absolute atomic E-state index is 0.0324. The van der Waals surface area contributed by atoms with Crippen molar-refractivity contribution < 1.29 is 13.6 Å². The fourth-order valence-corrected chi connectivity index (χ4v) is 1.32. The van der Waals surface area contributed by atoms with Crippen molar-refractivity contribution in [3.8, 4) is 0 Å². The maximum atomic E-state index is 13.2. The Balaban J connectivity index is 2.16. The lowest BCUT2D eigenvalue weighted by Gasteiger charge is -2.05. The molecule has 0 aliphatic heterocycles. The number of nitrogens with zero attached hydrogens (tertiary/aromatic N) is 1. The number of aromatic nitrogens is 1. The highest BCUT2D eigenvalue weighted by atomic mass is 19.1. The van der Waals surface area contributed by atoms with E-state index in [4.69, 9.17) is 5.73 Å². The largest absolute Gasteiger partial charge is 0.396 e. The summed E-state index contributed by atoms with van der Waals surface area (Å²) in [5.74, 6) is -1.84. The monoisotopic (exact) mass is 249 g/mol. The summed E-state index contributed by atoms with van der Waals surface area (Å²) in [5, 5.41) is 2.46. The van der Waals surface area contributed by atoms with E-state index >= 15 is 0 Å². The molecule has 0 atom stereocenters. The molecule has 0 bridgehead atoms. The third-order valence-electron chi connectivity index (χ3n) is 2.25. The van der Waals surface area contributed by atoms with Gasteiger partial charge in [0.05, 0.1) is 17.6 Å². The molecule has 92 valence electrons. The average molecular weight is 249 g/mol. The lowest BCUT2D eigenvalue weighted by molar-refractivity contribution is 0.102. The van der Waals surface area contributed by atoms with Crippen LogP contribution in [0.15, 0.2) is 36.5 Å². The van der Waals surface area contributed by atoms with Crippen LogP contribution in [0.3, 0.4) is 0 Å². The summed E-state index contributed by atoms with van der Waals surface area (Å²) in [5.41, 5.74) is 5.70. The minimum atomic E-state index is -0.667. The Morgan fingerprint density at radius 2 is 2.00 bits per heavy atom. The van der Waals surface area contributed by atoms with Gasteiger partial charge >= 0.3 is 0 Å². The van der Waals surface area contributed by atoms with Crippen molar-refractivity contribution in [1.82, 2.24) is 4.98 Å². The SMILES string of the molecule is Nc1ccc(C(=O)Nc2ccc(F)nc2)cc1F. The number of pyridine rings is 1. The van der Waals surface area contributed by atoms with Crippen molar-refractivity contribution in [1.29, 1.82) is 0 Å². The zero-order valence-corrected chi connectivity index (χ0v) is 9.15. The number of hydrogen-bond donors (Lipinski definition) is 2. The molecule has 0 aliphatic carbocycles. The van der Waals surface area contributed by atoms with Crippen LogP contribution >= 0.6 is 0 Å². The molecule has 2 rings (SSSR count). The van der Waals surface area contributed by atoms with Gasteiger partial charge < -0.3 is 11.1 Å². The van der Waals surface area contributed by atoms with Crippen LogP contribution < -0.4 is 11.1 Å². The Bertz CT molecular complexity index is 584. The highest BCUT2D eigenvalue weighted by Gasteiger charge is 2.09. The second-order valence-corrected chi connectivity index (χ2v) is 3.56. The molecule has 0 aliphatic rings. The molecule has 18 heavy (non-hydrogen) atoms. The molecule has 0 fully saturated rings. The molecule has 3 N–H and O–H groups in total. The van der Waals surface area contributed by atoms with Gasteiger partial charge in [0.25, 0.3) is 5.91 Å². The van der Waals surface area contributed by atoms with E-state index in [1.54, 1.807) is 0 Å². The molecule has 0 radical (unpaired) electrons. The van der Waals surface area contributed by atoms with E-state index in [1.807, 2.05) is 0 Å². The number of rotatable bonds is 2. The zero-order valence-electron chi connectivity index (χ0n) is 9.15. The molecule has 0 saturated carbocycles. The highest BCUT2D eigenvalue weighted by Crippen LogP contribution is 2.14. The Labute approximate surface area is 101 Å². The summed E-state index contributed by atoms with van der Waals surface area (Å²) in [6.45, 7) is 0. The molecule has 6 heteroatoms. The van der Waals surface area contributed by atoms with Crippen LogP contribution in [0.5, 0.6) is 0 Å². The van der Waals surface area contributed by atoms with Crippen LogP contribution in [-0.4, -0.2) is 10.9 Å². The quantitative estimate of drug-likeness (QED) is 0.633. The fourth-order valence-electron chi connectivity index (χ4n) is 1.32. The number of carbonyl (C=O) groups is 1. The number of halogens is 2. The highest BCUT2D eigenvalue weighted by molar-refractivity contribution is 6.04. The normalized spacial score (nSPS) is 10.1. The van der Waals surface area contributed by atoms with Gasteiger partial charge in [-0.1, -0.05) is 0 Å². The first-order chi connectivity index (χ1) is 8.56. The second-order valence-electron chi connectivity index (χ2n) is 3.56. The van der Waals surface area contributed by atoms with Crippen molar-refractivity contribution in [2.75, 3.05) is 11.1 Å². The maximum Gasteiger partial charge on any atom is 0.255 e. The van der Waals surface area contributed by atoms with E-state index in [1.165, 1.54) is 24.4 Å². The number of carbonyl (C=O) groups excluding carboxylic acids is 1. The molecule has 0 spiro atoms. The molecule has 0 saturated heterocycles. The van der Waals surface area contributed by atoms with Crippen LogP contribution in [0.25, 0.3) is 0 Å². The first-order valence-corrected chi connectivity index (χ1v) is 5.04. The first kappa shape index (κ1) is 12.0. The third-order valence-corrected chi connectivity index (χ3v) is 2.25. The second kappa shape index (κ2) is 4.79. The molecular weight excluding hydrogens is 240 g/mol. The number of hydrogen-bond acceptors (Lipinski definition) is 3. The molecule has 1 heterocycles. The van der Waals surface area contributed by atoms with E-state index in [2.05, 4.69) is 10.3 Å². The van der Waals surface area contributed by atoms with Crippen molar-refractivity contribution in [3.05, 3.63) is 53.9 Å². The standard InChI is InChI=1S/C12H9F2N3O/c13-9-5-7(1-3-10(9)15)12(18)17-8-2-4-11(14)16-6-8/h1-6H,15H2,(H,17,18). The van der Waals surface area contributed by atoms with Crippen molar-refractivity contribution in [3.63, 3.8) is 0 Å². The first-order valence-electron chi connectivity index (χ1n) is 5.04. The molecule has 1 aromatic carbocycles. The summed E-state index contributed by atoms with van der Waals surface area (Å²) in [7, 11) is 0. The average Bonchev–Trinajstić information content (AvgIpc) is 2.35. The summed E-state index contributed by atoms with van der Waals surface area (Å²) in [6, 6.07) is 6.19. The molecular formula is C12H9F2N3O. The smallest absolute Gasteiger partial charge is 0.255 e. The predicted octanol–water partition coefficient (Wildman–Crippen LogP) is 2.19. The Morgan fingerprint density at radius 1 is 1.22 bits per heavy atom. The molecule has 4 nitrogen and oxygen atoms in total. The van der Waals surface area contributed by atoms with Crippen LogP contribution in [-0.2, 0) is 0 Å². The Morgan fingerprint density at radius 3 is 2.61 bits per heavy atom.